The number of esters is 1. The molecule has 2 aromatic carbocycles. The number of rotatable bonds is 9. The highest BCUT2D eigenvalue weighted by molar-refractivity contribution is 5.78. The van der Waals surface area contributed by atoms with Gasteiger partial charge in [0, 0.05) is 13.1 Å². The summed E-state index contributed by atoms with van der Waals surface area (Å²) in [5, 5.41) is 0. The van der Waals surface area contributed by atoms with Crippen LogP contribution in [-0.4, -0.2) is 36.5 Å². The lowest BCUT2D eigenvalue weighted by atomic mass is 9.87. The van der Waals surface area contributed by atoms with Crippen LogP contribution in [0.5, 0.6) is 5.75 Å². The summed E-state index contributed by atoms with van der Waals surface area (Å²) in [6, 6.07) is 17.5. The minimum atomic E-state index is -0.308. The van der Waals surface area contributed by atoms with Crippen LogP contribution in [0.25, 0.3) is 0 Å². The third-order valence-corrected chi connectivity index (χ3v) is 4.54. The number of amides is 1. The van der Waals surface area contributed by atoms with Gasteiger partial charge in [0.2, 0.25) is 0 Å². The van der Waals surface area contributed by atoms with Gasteiger partial charge in [-0.3, -0.25) is 9.59 Å². The predicted octanol–water partition coefficient (Wildman–Crippen LogP) is 4.34. The largest absolute Gasteiger partial charge is 0.484 e. The molecular formula is C24H31NO4. The van der Waals surface area contributed by atoms with Crippen LogP contribution in [0.1, 0.15) is 45.2 Å². The molecule has 0 saturated carbocycles. The average Bonchev–Trinajstić information content (AvgIpc) is 2.70. The molecule has 0 unspecified atom stereocenters. The van der Waals surface area contributed by atoms with Gasteiger partial charge >= 0.3 is 5.97 Å². The lowest BCUT2D eigenvalue weighted by Gasteiger charge is -2.23. The maximum atomic E-state index is 12.8. The van der Waals surface area contributed by atoms with Crippen LogP contribution in [0.4, 0.5) is 0 Å². The monoisotopic (exact) mass is 397 g/mol. The quantitative estimate of drug-likeness (QED) is 0.591. The number of carbonyl (C=O) groups is 2. The molecule has 0 radical (unpaired) electrons. The van der Waals surface area contributed by atoms with Crippen molar-refractivity contribution in [3.8, 4) is 5.75 Å². The predicted molar refractivity (Wildman–Crippen MR) is 114 cm³/mol. The van der Waals surface area contributed by atoms with Gasteiger partial charge in [0.15, 0.2) is 6.61 Å². The molecule has 0 aliphatic heterocycles. The Balaban J connectivity index is 1.99. The maximum Gasteiger partial charge on any atom is 0.307 e. The van der Waals surface area contributed by atoms with Crippen LogP contribution in [0, 0.1) is 0 Å². The smallest absolute Gasteiger partial charge is 0.307 e. The second-order valence-electron chi connectivity index (χ2n) is 7.92. The van der Waals surface area contributed by atoms with Crippen LogP contribution in [-0.2, 0) is 26.3 Å². The summed E-state index contributed by atoms with van der Waals surface area (Å²) in [5.41, 5.74) is 2.27. The van der Waals surface area contributed by atoms with E-state index in [-0.39, 0.29) is 30.3 Å². The van der Waals surface area contributed by atoms with Crippen LogP contribution in [0.2, 0.25) is 0 Å². The number of nitrogens with zero attached hydrogens (tertiary/aromatic N) is 1. The molecule has 29 heavy (non-hydrogen) atoms. The van der Waals surface area contributed by atoms with E-state index >= 15 is 0 Å². The first kappa shape index (κ1) is 22.5. The van der Waals surface area contributed by atoms with E-state index in [1.165, 1.54) is 5.56 Å². The fraction of sp³-hybridized carbons (Fsp3) is 0.417. The summed E-state index contributed by atoms with van der Waals surface area (Å²) < 4.78 is 10.7. The van der Waals surface area contributed by atoms with Crippen LogP contribution < -0.4 is 4.74 Å². The van der Waals surface area contributed by atoms with E-state index in [9.17, 15) is 9.59 Å². The normalized spacial score (nSPS) is 11.0. The highest BCUT2D eigenvalue weighted by atomic mass is 16.5. The fourth-order valence-corrected chi connectivity index (χ4v) is 2.84. The highest BCUT2D eigenvalue weighted by Gasteiger charge is 2.17. The Morgan fingerprint density at radius 2 is 1.62 bits per heavy atom. The molecule has 0 aliphatic rings. The van der Waals surface area contributed by atoms with Gasteiger partial charge in [-0.2, -0.15) is 0 Å². The summed E-state index contributed by atoms with van der Waals surface area (Å²) in [6.45, 7) is 9.18. The van der Waals surface area contributed by atoms with Gasteiger partial charge in [-0.15, -0.1) is 0 Å². The van der Waals surface area contributed by atoms with Gasteiger partial charge in [0.05, 0.1) is 13.0 Å². The third kappa shape index (κ3) is 7.60. The molecule has 5 nitrogen and oxygen atoms in total. The maximum absolute atomic E-state index is 12.8. The summed E-state index contributed by atoms with van der Waals surface area (Å²) in [5.74, 6) is 0.173. The lowest BCUT2D eigenvalue weighted by molar-refractivity contribution is -0.144. The molecule has 0 N–H and O–H groups in total. The Morgan fingerprint density at radius 3 is 2.21 bits per heavy atom. The molecule has 0 aromatic heterocycles. The molecule has 0 aliphatic carbocycles. The fourth-order valence-electron chi connectivity index (χ4n) is 2.84. The van der Waals surface area contributed by atoms with E-state index in [1.807, 2.05) is 54.6 Å². The first-order valence-electron chi connectivity index (χ1n) is 10.00. The number of ether oxygens (including phenoxy) is 2. The Bertz CT molecular complexity index is 779. The zero-order valence-corrected chi connectivity index (χ0v) is 17.8. The molecule has 0 saturated heterocycles. The van der Waals surface area contributed by atoms with E-state index in [1.54, 1.807) is 11.8 Å². The van der Waals surface area contributed by atoms with Gasteiger partial charge in [-0.1, -0.05) is 63.2 Å². The molecule has 0 heterocycles. The second kappa shape index (κ2) is 10.6. The van der Waals surface area contributed by atoms with Gasteiger partial charge in [-0.05, 0) is 35.6 Å². The van der Waals surface area contributed by atoms with Crippen molar-refractivity contribution in [2.24, 2.45) is 0 Å². The van der Waals surface area contributed by atoms with Crippen LogP contribution in [0.3, 0.4) is 0 Å². The number of hydrogen-bond donors (Lipinski definition) is 0. The first-order chi connectivity index (χ1) is 13.8. The standard InChI is InChI=1S/C24H31NO4/c1-5-28-23(27)15-16-25(17-19-9-7-6-8-10-19)22(26)18-29-21-13-11-20(12-14-21)24(2,3)4/h6-14H,5,15-18H2,1-4H3. The summed E-state index contributed by atoms with van der Waals surface area (Å²) in [7, 11) is 0. The molecule has 1 amide bonds. The molecule has 0 bridgehead atoms. The van der Waals surface area contributed by atoms with E-state index in [0.29, 0.717) is 25.4 Å². The minimum Gasteiger partial charge on any atom is -0.484 e. The SMILES string of the molecule is CCOC(=O)CCN(Cc1ccccc1)C(=O)COc1ccc(C(C)(C)C)cc1. The van der Waals surface area contributed by atoms with E-state index in [2.05, 4.69) is 20.8 Å². The molecule has 0 spiro atoms. The van der Waals surface area contributed by atoms with Gasteiger partial charge in [0.25, 0.3) is 5.91 Å². The van der Waals surface area contributed by atoms with E-state index < -0.39 is 0 Å². The Kier molecular flexibility index (Phi) is 8.25. The van der Waals surface area contributed by atoms with Crippen molar-refractivity contribution in [2.75, 3.05) is 19.8 Å². The number of carbonyl (C=O) groups excluding carboxylic acids is 2. The summed E-state index contributed by atoms with van der Waals surface area (Å²) in [6.07, 6.45) is 0.159. The molecule has 2 aromatic rings. The van der Waals surface area contributed by atoms with Crippen molar-refractivity contribution in [2.45, 2.75) is 46.1 Å². The van der Waals surface area contributed by atoms with Crippen molar-refractivity contribution < 1.29 is 19.1 Å². The molecule has 156 valence electrons. The summed E-state index contributed by atoms with van der Waals surface area (Å²) >= 11 is 0. The van der Waals surface area contributed by atoms with Crippen LogP contribution >= 0.6 is 0 Å². The Labute approximate surface area is 173 Å². The molecule has 5 heteroatoms. The lowest BCUT2D eigenvalue weighted by Crippen LogP contribution is -2.36. The first-order valence-corrected chi connectivity index (χ1v) is 10.00. The Morgan fingerprint density at radius 1 is 0.966 bits per heavy atom. The molecule has 0 atom stereocenters. The van der Waals surface area contributed by atoms with E-state index in [0.717, 1.165) is 5.56 Å². The topological polar surface area (TPSA) is 55.8 Å². The van der Waals surface area contributed by atoms with Gasteiger partial charge in [0.1, 0.15) is 5.75 Å². The molecule has 0 fully saturated rings. The zero-order chi connectivity index (χ0) is 21.3. The summed E-state index contributed by atoms with van der Waals surface area (Å²) in [4.78, 5) is 26.1. The molecule has 2 rings (SSSR count). The van der Waals surface area contributed by atoms with Crippen molar-refractivity contribution in [3.05, 3.63) is 65.7 Å². The van der Waals surface area contributed by atoms with Crippen molar-refractivity contribution in [3.63, 3.8) is 0 Å². The van der Waals surface area contributed by atoms with Gasteiger partial charge < -0.3 is 14.4 Å². The number of hydrogen-bond acceptors (Lipinski definition) is 4. The number of benzene rings is 2. The van der Waals surface area contributed by atoms with Crippen molar-refractivity contribution in [1.82, 2.24) is 4.90 Å². The minimum absolute atomic E-state index is 0.0634. The van der Waals surface area contributed by atoms with Crippen molar-refractivity contribution >= 4 is 11.9 Å². The average molecular weight is 398 g/mol. The van der Waals surface area contributed by atoms with Crippen molar-refractivity contribution in [1.29, 1.82) is 0 Å². The van der Waals surface area contributed by atoms with Crippen LogP contribution in [0.15, 0.2) is 54.6 Å². The second-order valence-corrected chi connectivity index (χ2v) is 7.92. The highest BCUT2D eigenvalue weighted by Crippen LogP contribution is 2.24. The Hall–Kier alpha value is -2.82. The molecular weight excluding hydrogens is 366 g/mol. The zero-order valence-electron chi connectivity index (χ0n) is 17.8. The van der Waals surface area contributed by atoms with Gasteiger partial charge in [-0.25, -0.2) is 0 Å². The van der Waals surface area contributed by atoms with E-state index in [4.69, 9.17) is 9.47 Å². The third-order valence-electron chi connectivity index (χ3n) is 4.54.